The van der Waals surface area contributed by atoms with Crippen molar-refractivity contribution in [2.75, 3.05) is 10.6 Å². The van der Waals surface area contributed by atoms with Crippen LogP contribution in [0.3, 0.4) is 0 Å². The highest BCUT2D eigenvalue weighted by molar-refractivity contribution is 6.04. The molecule has 2 N–H and O–H groups in total. The SMILES string of the molecule is CC(=O)c1cccc(NC(=O)c2cc(C)nc(NC3CCCC3)n2)c1. The Hall–Kier alpha value is -2.76. The van der Waals surface area contributed by atoms with E-state index >= 15 is 0 Å². The lowest BCUT2D eigenvalue weighted by Gasteiger charge is -2.13. The first-order chi connectivity index (χ1) is 12.0. The standard InChI is InChI=1S/C19H22N4O2/c1-12-10-17(23-19(20-12)22-15-7-3-4-8-15)18(25)21-16-9-5-6-14(11-16)13(2)24/h5-6,9-11,15H,3-4,7-8H2,1-2H3,(H,21,25)(H,20,22,23). The Morgan fingerprint density at radius 2 is 1.88 bits per heavy atom. The molecule has 3 rings (SSSR count). The zero-order valence-corrected chi connectivity index (χ0v) is 14.5. The predicted molar refractivity (Wildman–Crippen MR) is 97.0 cm³/mol. The number of rotatable bonds is 5. The molecule has 0 unspecified atom stereocenters. The van der Waals surface area contributed by atoms with E-state index in [2.05, 4.69) is 20.6 Å². The van der Waals surface area contributed by atoms with Crippen molar-refractivity contribution < 1.29 is 9.59 Å². The summed E-state index contributed by atoms with van der Waals surface area (Å²) in [5, 5.41) is 6.11. The molecule has 6 nitrogen and oxygen atoms in total. The number of aromatic nitrogens is 2. The van der Waals surface area contributed by atoms with Crippen LogP contribution in [-0.2, 0) is 0 Å². The number of anilines is 2. The summed E-state index contributed by atoms with van der Waals surface area (Å²) in [5.41, 5.74) is 2.17. The van der Waals surface area contributed by atoms with Gasteiger partial charge in [-0.1, -0.05) is 25.0 Å². The first-order valence-electron chi connectivity index (χ1n) is 8.56. The highest BCUT2D eigenvalue weighted by atomic mass is 16.2. The Bertz CT molecular complexity index is 798. The van der Waals surface area contributed by atoms with E-state index in [0.717, 1.165) is 18.5 Å². The van der Waals surface area contributed by atoms with Gasteiger partial charge in [0, 0.05) is 23.0 Å². The molecule has 0 radical (unpaired) electrons. The van der Waals surface area contributed by atoms with Crippen LogP contribution in [-0.4, -0.2) is 27.7 Å². The van der Waals surface area contributed by atoms with Crippen LogP contribution in [0, 0.1) is 6.92 Å². The second kappa shape index (κ2) is 7.42. The fraction of sp³-hybridized carbons (Fsp3) is 0.368. The molecule has 1 aliphatic carbocycles. The fourth-order valence-electron chi connectivity index (χ4n) is 3.01. The molecular formula is C19H22N4O2. The van der Waals surface area contributed by atoms with Gasteiger partial charge >= 0.3 is 0 Å². The summed E-state index contributed by atoms with van der Waals surface area (Å²) in [6.45, 7) is 3.34. The van der Waals surface area contributed by atoms with Crippen LogP contribution in [0.2, 0.25) is 0 Å². The lowest BCUT2D eigenvalue weighted by atomic mass is 10.1. The molecule has 1 aromatic heterocycles. The van der Waals surface area contributed by atoms with E-state index < -0.39 is 0 Å². The minimum Gasteiger partial charge on any atom is -0.351 e. The number of hydrogen-bond acceptors (Lipinski definition) is 5. The van der Waals surface area contributed by atoms with Gasteiger partial charge in [0.05, 0.1) is 0 Å². The van der Waals surface area contributed by atoms with Crippen LogP contribution in [0.4, 0.5) is 11.6 Å². The first kappa shape index (κ1) is 17.1. The average molecular weight is 338 g/mol. The molecule has 1 aliphatic rings. The van der Waals surface area contributed by atoms with Crippen molar-refractivity contribution in [2.45, 2.75) is 45.6 Å². The van der Waals surface area contributed by atoms with Gasteiger partial charge in [-0.2, -0.15) is 0 Å². The molecule has 1 amide bonds. The van der Waals surface area contributed by atoms with Gasteiger partial charge in [0.1, 0.15) is 5.69 Å². The van der Waals surface area contributed by atoms with Crippen LogP contribution in [0.15, 0.2) is 30.3 Å². The van der Waals surface area contributed by atoms with E-state index in [0.29, 0.717) is 28.9 Å². The van der Waals surface area contributed by atoms with E-state index in [1.165, 1.54) is 19.8 Å². The second-order valence-electron chi connectivity index (χ2n) is 6.44. The van der Waals surface area contributed by atoms with Crippen LogP contribution in [0.1, 0.15) is 59.1 Å². The topological polar surface area (TPSA) is 84.0 Å². The summed E-state index contributed by atoms with van der Waals surface area (Å²) in [6.07, 6.45) is 4.64. The van der Waals surface area contributed by atoms with Crippen molar-refractivity contribution in [2.24, 2.45) is 0 Å². The molecule has 0 atom stereocenters. The molecule has 1 heterocycles. The molecular weight excluding hydrogens is 316 g/mol. The molecule has 2 aromatic rings. The van der Waals surface area contributed by atoms with Gasteiger partial charge in [-0.15, -0.1) is 0 Å². The third-order valence-electron chi connectivity index (χ3n) is 4.30. The minimum absolute atomic E-state index is 0.0444. The molecule has 0 bridgehead atoms. The number of nitrogens with one attached hydrogen (secondary N) is 2. The minimum atomic E-state index is -0.319. The Balaban J connectivity index is 1.76. The Morgan fingerprint density at radius 1 is 1.12 bits per heavy atom. The maximum absolute atomic E-state index is 12.5. The smallest absolute Gasteiger partial charge is 0.274 e. The number of amides is 1. The summed E-state index contributed by atoms with van der Waals surface area (Å²) in [5.74, 6) is 0.132. The molecule has 1 saturated carbocycles. The van der Waals surface area contributed by atoms with E-state index in [1.54, 1.807) is 30.3 Å². The second-order valence-corrected chi connectivity index (χ2v) is 6.44. The van der Waals surface area contributed by atoms with E-state index in [4.69, 9.17) is 0 Å². The van der Waals surface area contributed by atoms with Gasteiger partial charge in [-0.25, -0.2) is 9.97 Å². The fourth-order valence-corrected chi connectivity index (χ4v) is 3.01. The Labute approximate surface area is 147 Å². The molecule has 25 heavy (non-hydrogen) atoms. The Kier molecular flexibility index (Phi) is 5.07. The number of nitrogens with zero attached hydrogens (tertiary/aromatic N) is 2. The molecule has 6 heteroatoms. The van der Waals surface area contributed by atoms with Crippen LogP contribution < -0.4 is 10.6 Å². The number of carbonyl (C=O) groups is 2. The van der Waals surface area contributed by atoms with Crippen LogP contribution in [0.5, 0.6) is 0 Å². The summed E-state index contributed by atoms with van der Waals surface area (Å²) < 4.78 is 0. The van der Waals surface area contributed by atoms with E-state index in [1.807, 2.05) is 6.92 Å². The van der Waals surface area contributed by atoms with Crippen LogP contribution >= 0.6 is 0 Å². The molecule has 130 valence electrons. The zero-order chi connectivity index (χ0) is 17.8. The first-order valence-corrected chi connectivity index (χ1v) is 8.56. The number of carbonyl (C=O) groups excluding carboxylic acids is 2. The van der Waals surface area contributed by atoms with E-state index in [9.17, 15) is 9.59 Å². The van der Waals surface area contributed by atoms with Gasteiger partial charge in [-0.3, -0.25) is 9.59 Å². The predicted octanol–water partition coefficient (Wildman–Crippen LogP) is 3.59. The molecule has 0 spiro atoms. The van der Waals surface area contributed by atoms with Gasteiger partial charge in [0.2, 0.25) is 5.95 Å². The highest BCUT2D eigenvalue weighted by Crippen LogP contribution is 2.21. The third kappa shape index (κ3) is 4.41. The van der Waals surface area contributed by atoms with Crippen molar-refractivity contribution in [1.82, 2.24) is 9.97 Å². The number of benzene rings is 1. The summed E-state index contributed by atoms with van der Waals surface area (Å²) in [4.78, 5) is 32.7. The average Bonchev–Trinajstić information content (AvgIpc) is 3.07. The zero-order valence-electron chi connectivity index (χ0n) is 14.5. The molecule has 1 fully saturated rings. The maximum atomic E-state index is 12.5. The van der Waals surface area contributed by atoms with Crippen molar-refractivity contribution in [3.05, 3.63) is 47.3 Å². The number of Topliss-reactive ketones (excluding diaryl/α,β-unsaturated/α-hetero) is 1. The summed E-state index contributed by atoms with van der Waals surface area (Å²) >= 11 is 0. The summed E-state index contributed by atoms with van der Waals surface area (Å²) in [6, 6.07) is 8.90. The quantitative estimate of drug-likeness (QED) is 0.814. The van der Waals surface area contributed by atoms with E-state index in [-0.39, 0.29) is 11.7 Å². The summed E-state index contributed by atoms with van der Waals surface area (Å²) in [7, 11) is 0. The largest absolute Gasteiger partial charge is 0.351 e. The Morgan fingerprint density at radius 3 is 2.60 bits per heavy atom. The third-order valence-corrected chi connectivity index (χ3v) is 4.30. The van der Waals surface area contributed by atoms with Crippen molar-refractivity contribution in [3.8, 4) is 0 Å². The number of ketones is 1. The van der Waals surface area contributed by atoms with Gasteiger partial charge in [0.25, 0.3) is 5.91 Å². The monoisotopic (exact) mass is 338 g/mol. The number of aryl methyl sites for hydroxylation is 1. The molecule has 1 aromatic carbocycles. The lowest BCUT2D eigenvalue weighted by molar-refractivity contribution is 0.100. The van der Waals surface area contributed by atoms with Crippen molar-refractivity contribution in [1.29, 1.82) is 0 Å². The van der Waals surface area contributed by atoms with Crippen molar-refractivity contribution in [3.63, 3.8) is 0 Å². The molecule has 0 aliphatic heterocycles. The van der Waals surface area contributed by atoms with Crippen LogP contribution in [0.25, 0.3) is 0 Å². The highest BCUT2D eigenvalue weighted by Gasteiger charge is 2.17. The van der Waals surface area contributed by atoms with Gasteiger partial charge in [-0.05, 0) is 44.9 Å². The normalized spacial score (nSPS) is 14.3. The van der Waals surface area contributed by atoms with Gasteiger partial charge < -0.3 is 10.6 Å². The number of hydrogen-bond donors (Lipinski definition) is 2. The molecule has 0 saturated heterocycles. The van der Waals surface area contributed by atoms with Crippen molar-refractivity contribution >= 4 is 23.3 Å². The van der Waals surface area contributed by atoms with Gasteiger partial charge in [0.15, 0.2) is 5.78 Å². The maximum Gasteiger partial charge on any atom is 0.274 e. The lowest BCUT2D eigenvalue weighted by Crippen LogP contribution is -2.20.